The van der Waals surface area contributed by atoms with E-state index in [1.54, 1.807) is 6.07 Å². The lowest BCUT2D eigenvalue weighted by Crippen LogP contribution is -2.42. The molecule has 1 aromatic carbocycles. The van der Waals surface area contributed by atoms with Gasteiger partial charge in [-0.1, -0.05) is 6.07 Å². The third-order valence-corrected chi connectivity index (χ3v) is 3.30. The lowest BCUT2D eigenvalue weighted by Gasteiger charge is -2.31. The van der Waals surface area contributed by atoms with Gasteiger partial charge in [0, 0.05) is 7.11 Å². The van der Waals surface area contributed by atoms with Gasteiger partial charge in [0.05, 0.1) is 7.11 Å². The minimum atomic E-state index is -4.40. The molecule has 1 aliphatic carbocycles. The number of hydrogen-bond donors (Lipinski definition) is 0. The van der Waals surface area contributed by atoms with E-state index in [9.17, 15) is 13.2 Å². The third-order valence-electron chi connectivity index (χ3n) is 3.30. The molecule has 0 radical (unpaired) electrons. The number of hydrogen-bond acceptors (Lipinski definition) is 2. The van der Waals surface area contributed by atoms with Crippen LogP contribution in [-0.2, 0) is 16.8 Å². The second kappa shape index (κ2) is 3.91. The van der Waals surface area contributed by atoms with Crippen molar-refractivity contribution < 1.29 is 22.6 Å². The molecule has 0 saturated heterocycles. The first-order valence-corrected chi connectivity index (χ1v) is 5.24. The first kappa shape index (κ1) is 12.2. The van der Waals surface area contributed by atoms with E-state index in [0.29, 0.717) is 17.7 Å². The predicted octanol–water partition coefficient (Wildman–Crippen LogP) is 3.05. The van der Waals surface area contributed by atoms with Gasteiger partial charge in [-0.3, -0.25) is 0 Å². The van der Waals surface area contributed by atoms with Gasteiger partial charge in [-0.2, -0.15) is 13.2 Å². The van der Waals surface area contributed by atoms with Crippen molar-refractivity contribution in [2.45, 2.75) is 24.6 Å². The van der Waals surface area contributed by atoms with Gasteiger partial charge in [-0.05, 0) is 36.1 Å². The Morgan fingerprint density at radius 2 is 1.94 bits per heavy atom. The first-order valence-electron chi connectivity index (χ1n) is 5.24. The quantitative estimate of drug-likeness (QED) is 0.798. The van der Waals surface area contributed by atoms with Crippen LogP contribution in [0.2, 0.25) is 0 Å². The fourth-order valence-electron chi connectivity index (χ4n) is 2.37. The molecule has 0 fully saturated rings. The molecule has 1 aliphatic rings. The largest absolute Gasteiger partial charge is 0.497 e. The minimum absolute atomic E-state index is 0.0739. The predicted molar refractivity (Wildman–Crippen MR) is 56.1 cm³/mol. The molecule has 0 N–H and O–H groups in total. The van der Waals surface area contributed by atoms with Crippen LogP contribution in [0.4, 0.5) is 13.2 Å². The van der Waals surface area contributed by atoms with Gasteiger partial charge in [0.2, 0.25) is 0 Å². The summed E-state index contributed by atoms with van der Waals surface area (Å²) in [4.78, 5) is 0. The first-order chi connectivity index (χ1) is 7.94. The Morgan fingerprint density at radius 3 is 2.47 bits per heavy atom. The summed E-state index contributed by atoms with van der Waals surface area (Å²) < 4.78 is 49.2. The maximum atomic E-state index is 13.1. The van der Waals surface area contributed by atoms with Crippen LogP contribution in [0, 0.1) is 0 Å². The lowest BCUT2D eigenvalue weighted by atomic mass is 9.95. The summed E-state index contributed by atoms with van der Waals surface area (Å²) >= 11 is 0. The molecule has 0 heterocycles. The SMILES string of the molecule is COc1ccc2c(c1)CCC2(OC)C(F)(F)F. The van der Waals surface area contributed by atoms with Gasteiger partial charge in [0.1, 0.15) is 5.75 Å². The van der Waals surface area contributed by atoms with Crippen LogP contribution in [0.25, 0.3) is 0 Å². The van der Waals surface area contributed by atoms with Crippen molar-refractivity contribution in [2.75, 3.05) is 14.2 Å². The van der Waals surface area contributed by atoms with Crippen LogP contribution in [0.15, 0.2) is 18.2 Å². The van der Waals surface area contributed by atoms with E-state index in [-0.39, 0.29) is 12.0 Å². The molecule has 0 aliphatic heterocycles. The Bertz CT molecular complexity index is 428. The second-order valence-electron chi connectivity index (χ2n) is 4.05. The summed E-state index contributed by atoms with van der Waals surface area (Å²) in [6.45, 7) is 0. The highest BCUT2D eigenvalue weighted by molar-refractivity contribution is 5.43. The van der Waals surface area contributed by atoms with E-state index in [1.807, 2.05) is 0 Å². The van der Waals surface area contributed by atoms with Crippen LogP contribution >= 0.6 is 0 Å². The van der Waals surface area contributed by atoms with E-state index in [0.717, 1.165) is 7.11 Å². The highest BCUT2D eigenvalue weighted by Gasteiger charge is 2.59. The number of ether oxygens (including phenoxy) is 2. The summed E-state index contributed by atoms with van der Waals surface area (Å²) in [6.07, 6.45) is -4.13. The van der Waals surface area contributed by atoms with Crippen LogP contribution in [-0.4, -0.2) is 20.4 Å². The number of methoxy groups -OCH3 is 2. The molecular formula is C12H13F3O2. The average molecular weight is 246 g/mol. The van der Waals surface area contributed by atoms with Crippen molar-refractivity contribution >= 4 is 0 Å². The van der Waals surface area contributed by atoms with Crippen molar-refractivity contribution in [1.29, 1.82) is 0 Å². The highest BCUT2D eigenvalue weighted by atomic mass is 19.4. The van der Waals surface area contributed by atoms with Gasteiger partial charge in [-0.15, -0.1) is 0 Å². The number of aryl methyl sites for hydroxylation is 1. The van der Waals surface area contributed by atoms with Gasteiger partial charge < -0.3 is 9.47 Å². The molecule has 0 saturated carbocycles. The summed E-state index contributed by atoms with van der Waals surface area (Å²) in [5.41, 5.74) is -1.31. The second-order valence-corrected chi connectivity index (χ2v) is 4.05. The molecule has 17 heavy (non-hydrogen) atoms. The maximum Gasteiger partial charge on any atom is 0.421 e. The summed E-state index contributed by atoms with van der Waals surface area (Å²) in [7, 11) is 2.59. The van der Waals surface area contributed by atoms with Crippen molar-refractivity contribution in [3.05, 3.63) is 29.3 Å². The van der Waals surface area contributed by atoms with Gasteiger partial charge in [0.25, 0.3) is 0 Å². The molecule has 0 amide bonds. The molecule has 0 bridgehead atoms. The normalized spacial score (nSPS) is 23.6. The van der Waals surface area contributed by atoms with Crippen LogP contribution in [0.1, 0.15) is 17.5 Å². The van der Waals surface area contributed by atoms with E-state index in [4.69, 9.17) is 9.47 Å². The molecule has 1 aromatic rings. The van der Waals surface area contributed by atoms with Crippen LogP contribution in [0.3, 0.4) is 0 Å². The number of halogens is 3. The smallest absolute Gasteiger partial charge is 0.421 e. The van der Waals surface area contributed by atoms with Crippen LogP contribution in [0.5, 0.6) is 5.75 Å². The molecule has 94 valence electrons. The van der Waals surface area contributed by atoms with Gasteiger partial charge in [0.15, 0.2) is 5.60 Å². The Hall–Kier alpha value is -1.23. The average Bonchev–Trinajstić information content (AvgIpc) is 2.67. The third kappa shape index (κ3) is 1.69. The molecule has 1 atom stereocenters. The maximum absolute atomic E-state index is 13.1. The Morgan fingerprint density at radius 1 is 1.24 bits per heavy atom. The fraction of sp³-hybridized carbons (Fsp3) is 0.500. The van der Waals surface area contributed by atoms with Crippen molar-refractivity contribution in [3.63, 3.8) is 0 Å². The molecular weight excluding hydrogens is 233 g/mol. The Labute approximate surface area is 97.3 Å². The van der Waals surface area contributed by atoms with E-state index < -0.39 is 11.8 Å². The molecule has 1 unspecified atom stereocenters. The lowest BCUT2D eigenvalue weighted by molar-refractivity contribution is -0.275. The van der Waals surface area contributed by atoms with Crippen molar-refractivity contribution in [2.24, 2.45) is 0 Å². The molecule has 2 nitrogen and oxygen atoms in total. The topological polar surface area (TPSA) is 18.5 Å². The number of alkyl halides is 3. The summed E-state index contributed by atoms with van der Waals surface area (Å²) in [5.74, 6) is 0.567. The zero-order valence-electron chi connectivity index (χ0n) is 9.60. The minimum Gasteiger partial charge on any atom is -0.497 e. The highest BCUT2D eigenvalue weighted by Crippen LogP contribution is 2.50. The van der Waals surface area contributed by atoms with Crippen molar-refractivity contribution in [3.8, 4) is 5.75 Å². The fourth-order valence-corrected chi connectivity index (χ4v) is 2.37. The van der Waals surface area contributed by atoms with E-state index in [1.165, 1.54) is 19.2 Å². The number of rotatable bonds is 2. The zero-order chi connectivity index (χ0) is 12.7. The van der Waals surface area contributed by atoms with Crippen molar-refractivity contribution in [1.82, 2.24) is 0 Å². The Balaban J connectivity index is 2.52. The van der Waals surface area contributed by atoms with Crippen LogP contribution < -0.4 is 4.74 Å². The standard InChI is InChI=1S/C12H13F3O2/c1-16-9-3-4-10-8(7-9)5-6-11(10,17-2)12(13,14)15/h3-4,7H,5-6H2,1-2H3. The Kier molecular flexibility index (Phi) is 2.81. The number of benzene rings is 1. The molecule has 5 heteroatoms. The number of fused-ring (bicyclic) bond motifs is 1. The monoisotopic (exact) mass is 246 g/mol. The van der Waals surface area contributed by atoms with E-state index >= 15 is 0 Å². The summed E-state index contributed by atoms with van der Waals surface area (Å²) in [6, 6.07) is 4.61. The molecule has 0 spiro atoms. The molecule has 0 aromatic heterocycles. The summed E-state index contributed by atoms with van der Waals surface area (Å²) in [5, 5.41) is 0. The molecule has 2 rings (SSSR count). The zero-order valence-corrected chi connectivity index (χ0v) is 9.60. The van der Waals surface area contributed by atoms with E-state index in [2.05, 4.69) is 0 Å². The van der Waals surface area contributed by atoms with Gasteiger partial charge in [-0.25, -0.2) is 0 Å². The van der Waals surface area contributed by atoms with Gasteiger partial charge >= 0.3 is 6.18 Å².